The summed E-state index contributed by atoms with van der Waals surface area (Å²) in [7, 11) is 0. The Labute approximate surface area is 197 Å². The smallest absolute Gasteiger partial charge is 0.266 e. The minimum Gasteiger partial charge on any atom is -0.508 e. The summed E-state index contributed by atoms with van der Waals surface area (Å²) in [6.07, 6.45) is 0. The molecule has 0 radical (unpaired) electrons. The Kier molecular flexibility index (Phi) is 7.91. The Morgan fingerprint density at radius 2 is 1.38 bits per heavy atom. The highest BCUT2D eigenvalue weighted by Crippen LogP contribution is 2.22. The summed E-state index contributed by atoms with van der Waals surface area (Å²) < 4.78 is 0. The lowest BCUT2D eigenvalue weighted by Crippen LogP contribution is -2.48. The molecule has 0 bridgehead atoms. The number of phenols is 1. The first-order valence-electron chi connectivity index (χ1n) is 10.4. The molecule has 0 spiro atoms. The predicted octanol–water partition coefficient (Wildman–Crippen LogP) is 2.79. The number of hydroxylamine groups is 1. The topological polar surface area (TPSA) is 125 Å². The predicted molar refractivity (Wildman–Crippen MR) is 129 cm³/mol. The van der Waals surface area contributed by atoms with Crippen LogP contribution in [0.2, 0.25) is 0 Å². The number of hydrogen-bond acceptors (Lipinski definition) is 5. The fourth-order valence-corrected chi connectivity index (χ4v) is 3.16. The Morgan fingerprint density at radius 3 is 1.91 bits per heavy atom. The van der Waals surface area contributed by atoms with Crippen molar-refractivity contribution in [3.8, 4) is 29.4 Å². The molecule has 7 heteroatoms. The maximum atomic E-state index is 12.7. The van der Waals surface area contributed by atoms with E-state index in [0.29, 0.717) is 22.4 Å². The summed E-state index contributed by atoms with van der Waals surface area (Å²) in [5.74, 6) is 9.74. The van der Waals surface area contributed by atoms with Gasteiger partial charge in [-0.25, -0.2) is 5.48 Å². The molecule has 0 aliphatic heterocycles. The van der Waals surface area contributed by atoms with Gasteiger partial charge in [-0.3, -0.25) is 14.8 Å². The molecule has 0 aliphatic rings. The van der Waals surface area contributed by atoms with Crippen molar-refractivity contribution in [1.82, 2.24) is 10.8 Å². The van der Waals surface area contributed by atoms with Crippen molar-refractivity contribution >= 4 is 17.5 Å². The first-order valence-corrected chi connectivity index (χ1v) is 10.4. The van der Waals surface area contributed by atoms with E-state index in [9.17, 15) is 14.7 Å². The second kappa shape index (κ2) is 11.2. The van der Waals surface area contributed by atoms with Crippen LogP contribution in [0, 0.1) is 23.7 Å². The van der Waals surface area contributed by atoms with Crippen LogP contribution in [0.1, 0.15) is 39.9 Å². The van der Waals surface area contributed by atoms with E-state index in [-0.39, 0.29) is 5.75 Å². The number of nitrogen functional groups attached to an aromatic ring is 1. The summed E-state index contributed by atoms with van der Waals surface area (Å²) in [6.45, 7) is 1.73. The quantitative estimate of drug-likeness (QED) is 0.176. The molecule has 0 aliphatic carbocycles. The van der Waals surface area contributed by atoms with Gasteiger partial charge in [0.1, 0.15) is 11.8 Å². The monoisotopic (exact) mass is 453 g/mol. The molecule has 3 aromatic carbocycles. The number of carbonyl (C=O) groups is 2. The fourth-order valence-electron chi connectivity index (χ4n) is 3.16. The van der Waals surface area contributed by atoms with Crippen molar-refractivity contribution in [2.75, 3.05) is 5.73 Å². The van der Waals surface area contributed by atoms with E-state index >= 15 is 0 Å². The number of rotatable bonds is 5. The Morgan fingerprint density at radius 1 is 0.853 bits per heavy atom. The third-order valence-electron chi connectivity index (χ3n) is 5.13. The standard InChI is InChI=1S/C27H23N3O4/c1-18(21-12-16-24(31)17-13-21)25(27(33)30-34)29-26(32)22-10-6-19(7-11-22)4-2-3-5-20-8-14-23(28)15-9-20/h6-18,25,31,34H,28H2,1H3,(H,29,32)(H,30,33)/t18-,25-/m0/s1. The third-order valence-corrected chi connectivity index (χ3v) is 5.13. The number of nitrogens with one attached hydrogen (secondary N) is 2. The second-order valence-electron chi connectivity index (χ2n) is 7.51. The Bertz CT molecular complexity index is 1280. The molecule has 0 saturated heterocycles. The molecule has 3 rings (SSSR count). The van der Waals surface area contributed by atoms with Crippen molar-refractivity contribution < 1.29 is 19.9 Å². The maximum Gasteiger partial charge on any atom is 0.266 e. The van der Waals surface area contributed by atoms with E-state index in [4.69, 9.17) is 10.9 Å². The zero-order valence-corrected chi connectivity index (χ0v) is 18.4. The van der Waals surface area contributed by atoms with E-state index in [1.165, 1.54) is 12.1 Å². The summed E-state index contributed by atoms with van der Waals surface area (Å²) in [5.41, 5.74) is 10.4. The number of aromatic hydroxyl groups is 1. The van der Waals surface area contributed by atoms with Crippen molar-refractivity contribution in [3.63, 3.8) is 0 Å². The number of hydrogen-bond donors (Lipinski definition) is 5. The molecule has 0 saturated carbocycles. The van der Waals surface area contributed by atoms with Gasteiger partial charge in [-0.1, -0.05) is 30.9 Å². The van der Waals surface area contributed by atoms with Crippen LogP contribution in [0.5, 0.6) is 5.75 Å². The lowest BCUT2D eigenvalue weighted by Gasteiger charge is -2.23. The van der Waals surface area contributed by atoms with Crippen LogP contribution in [0.4, 0.5) is 5.69 Å². The van der Waals surface area contributed by atoms with Crippen LogP contribution < -0.4 is 16.5 Å². The molecule has 6 N–H and O–H groups in total. The van der Waals surface area contributed by atoms with E-state index < -0.39 is 23.8 Å². The highest BCUT2D eigenvalue weighted by atomic mass is 16.5. The van der Waals surface area contributed by atoms with Crippen LogP contribution in [0.15, 0.2) is 72.8 Å². The largest absolute Gasteiger partial charge is 0.508 e. The average Bonchev–Trinajstić information content (AvgIpc) is 2.86. The third kappa shape index (κ3) is 6.39. The number of carbonyl (C=O) groups excluding carboxylic acids is 2. The zero-order chi connectivity index (χ0) is 24.5. The normalized spacial score (nSPS) is 11.6. The van der Waals surface area contributed by atoms with Crippen LogP contribution in [0.25, 0.3) is 0 Å². The molecule has 7 nitrogen and oxygen atoms in total. The van der Waals surface area contributed by atoms with E-state index in [1.807, 2.05) is 12.1 Å². The maximum absolute atomic E-state index is 12.7. The van der Waals surface area contributed by atoms with Gasteiger partial charge < -0.3 is 16.2 Å². The number of benzene rings is 3. The van der Waals surface area contributed by atoms with Crippen LogP contribution in [0.3, 0.4) is 0 Å². The molecular formula is C27H23N3O4. The fraction of sp³-hybridized carbons (Fsp3) is 0.111. The van der Waals surface area contributed by atoms with Crippen molar-refractivity contribution in [3.05, 3.63) is 95.1 Å². The van der Waals surface area contributed by atoms with Gasteiger partial charge in [0.15, 0.2) is 0 Å². The van der Waals surface area contributed by atoms with E-state index in [2.05, 4.69) is 29.0 Å². The zero-order valence-electron chi connectivity index (χ0n) is 18.4. The molecule has 0 aromatic heterocycles. The van der Waals surface area contributed by atoms with Crippen LogP contribution >= 0.6 is 0 Å². The van der Waals surface area contributed by atoms with Gasteiger partial charge in [-0.05, 0) is 78.1 Å². The van der Waals surface area contributed by atoms with Gasteiger partial charge in [0.25, 0.3) is 11.8 Å². The van der Waals surface area contributed by atoms with Crippen LogP contribution in [-0.4, -0.2) is 28.2 Å². The minimum atomic E-state index is -1.04. The Hall–Kier alpha value is -4.72. The van der Waals surface area contributed by atoms with Crippen molar-refractivity contribution in [2.24, 2.45) is 0 Å². The number of amides is 2. The van der Waals surface area contributed by atoms with Gasteiger partial charge >= 0.3 is 0 Å². The summed E-state index contributed by atoms with van der Waals surface area (Å²) in [6, 6.07) is 18.9. The SMILES string of the molecule is C[C@@H](c1ccc(O)cc1)[C@H](NC(=O)c1ccc(C#CC#Cc2ccc(N)cc2)cc1)C(=O)NO. The average molecular weight is 453 g/mol. The summed E-state index contributed by atoms with van der Waals surface area (Å²) in [5, 5.41) is 21.2. The molecule has 0 unspecified atom stereocenters. The minimum absolute atomic E-state index is 0.0857. The molecule has 0 fully saturated rings. The second-order valence-corrected chi connectivity index (χ2v) is 7.51. The Balaban J connectivity index is 1.68. The molecule has 170 valence electrons. The van der Waals surface area contributed by atoms with Crippen molar-refractivity contribution in [2.45, 2.75) is 18.9 Å². The molecule has 0 heterocycles. The van der Waals surface area contributed by atoms with E-state index in [1.54, 1.807) is 60.9 Å². The molecular weight excluding hydrogens is 430 g/mol. The molecule has 3 aromatic rings. The lowest BCUT2D eigenvalue weighted by molar-refractivity contribution is -0.131. The van der Waals surface area contributed by atoms with Gasteiger partial charge in [0.05, 0.1) is 0 Å². The van der Waals surface area contributed by atoms with Gasteiger partial charge in [-0.15, -0.1) is 0 Å². The van der Waals surface area contributed by atoms with Crippen molar-refractivity contribution in [1.29, 1.82) is 0 Å². The van der Waals surface area contributed by atoms with Gasteiger partial charge in [0.2, 0.25) is 0 Å². The highest BCUT2D eigenvalue weighted by Gasteiger charge is 2.28. The number of phenolic OH excluding ortho intramolecular Hbond substituents is 1. The highest BCUT2D eigenvalue weighted by molar-refractivity contribution is 5.97. The van der Waals surface area contributed by atoms with Crippen LogP contribution in [-0.2, 0) is 4.79 Å². The van der Waals surface area contributed by atoms with E-state index in [0.717, 1.165) is 5.56 Å². The van der Waals surface area contributed by atoms with Gasteiger partial charge in [0, 0.05) is 28.3 Å². The molecule has 2 atom stereocenters. The van der Waals surface area contributed by atoms with Gasteiger partial charge in [-0.2, -0.15) is 0 Å². The number of anilines is 1. The molecule has 2 amide bonds. The first-order chi connectivity index (χ1) is 16.4. The first kappa shape index (κ1) is 23.9. The summed E-state index contributed by atoms with van der Waals surface area (Å²) in [4.78, 5) is 25.0. The summed E-state index contributed by atoms with van der Waals surface area (Å²) >= 11 is 0. The molecule has 34 heavy (non-hydrogen) atoms. The number of nitrogens with two attached hydrogens (primary N) is 1. The lowest BCUT2D eigenvalue weighted by atomic mass is 9.92.